The fraction of sp³-hybridized carbons (Fsp3) is 0.615. The second-order valence-corrected chi connectivity index (χ2v) is 7.73. The van der Waals surface area contributed by atoms with Crippen LogP contribution in [-0.2, 0) is 6.42 Å². The quantitative estimate of drug-likeness (QED) is 0.331. The van der Waals surface area contributed by atoms with Crippen molar-refractivity contribution in [3.63, 3.8) is 0 Å². The SMILES string of the molecule is C=C(CCc1ccccc1)N1CCC(/C(C)=N/N=C/C(C)C)C1.CC.CCCC. The highest BCUT2D eigenvalue weighted by atomic mass is 15.2. The maximum Gasteiger partial charge on any atom is 0.0424 e. The summed E-state index contributed by atoms with van der Waals surface area (Å²) in [5.41, 5.74) is 3.76. The number of unbranched alkanes of at least 4 members (excludes halogenated alkanes) is 1. The molecule has 0 N–H and O–H groups in total. The molecule has 0 radical (unpaired) electrons. The molecule has 164 valence electrons. The number of allylic oxidation sites excluding steroid dienone is 1. The molecule has 0 spiro atoms. The second kappa shape index (κ2) is 17.0. The molecule has 0 saturated carbocycles. The van der Waals surface area contributed by atoms with Crippen molar-refractivity contribution in [1.29, 1.82) is 0 Å². The lowest BCUT2D eigenvalue weighted by Crippen LogP contribution is -2.22. The van der Waals surface area contributed by atoms with Gasteiger partial charge in [-0.15, -0.1) is 0 Å². The Balaban J connectivity index is 0.00000116. The van der Waals surface area contributed by atoms with Crippen LogP contribution in [0.2, 0.25) is 0 Å². The summed E-state index contributed by atoms with van der Waals surface area (Å²) in [6.07, 6.45) is 7.77. The lowest BCUT2D eigenvalue weighted by Gasteiger charge is -2.21. The molecule has 1 heterocycles. The second-order valence-electron chi connectivity index (χ2n) is 7.73. The highest BCUT2D eigenvalue weighted by Crippen LogP contribution is 2.23. The number of benzene rings is 1. The monoisotopic (exact) mass is 399 g/mol. The average molecular weight is 400 g/mol. The molecule has 2 rings (SSSR count). The molecular weight excluding hydrogens is 354 g/mol. The van der Waals surface area contributed by atoms with Gasteiger partial charge in [0, 0.05) is 36.6 Å². The van der Waals surface area contributed by atoms with Gasteiger partial charge in [0.15, 0.2) is 0 Å². The Morgan fingerprint density at radius 2 is 1.79 bits per heavy atom. The molecule has 1 fully saturated rings. The first-order chi connectivity index (χ1) is 14.0. The van der Waals surface area contributed by atoms with Crippen LogP contribution in [0.1, 0.15) is 79.7 Å². The first-order valence-corrected chi connectivity index (χ1v) is 11.5. The number of likely N-dealkylation sites (tertiary alicyclic amines) is 1. The van der Waals surface area contributed by atoms with E-state index in [-0.39, 0.29) is 0 Å². The van der Waals surface area contributed by atoms with Gasteiger partial charge in [0.25, 0.3) is 0 Å². The van der Waals surface area contributed by atoms with Gasteiger partial charge in [-0.05, 0) is 37.7 Å². The molecule has 0 aromatic heterocycles. The maximum absolute atomic E-state index is 4.36. The fourth-order valence-electron chi connectivity index (χ4n) is 2.82. The molecule has 0 aliphatic carbocycles. The van der Waals surface area contributed by atoms with Crippen LogP contribution in [-0.4, -0.2) is 29.9 Å². The minimum absolute atomic E-state index is 0.449. The zero-order chi connectivity index (χ0) is 22.1. The van der Waals surface area contributed by atoms with Gasteiger partial charge in [-0.3, -0.25) is 0 Å². The molecule has 3 nitrogen and oxygen atoms in total. The van der Waals surface area contributed by atoms with Crippen LogP contribution < -0.4 is 0 Å². The van der Waals surface area contributed by atoms with E-state index in [1.807, 2.05) is 20.1 Å². The lowest BCUT2D eigenvalue weighted by atomic mass is 10.0. The average Bonchev–Trinajstić information content (AvgIpc) is 3.24. The summed E-state index contributed by atoms with van der Waals surface area (Å²) in [4.78, 5) is 2.42. The maximum atomic E-state index is 4.36. The van der Waals surface area contributed by atoms with Gasteiger partial charge in [-0.1, -0.05) is 91.3 Å². The van der Waals surface area contributed by atoms with Crippen molar-refractivity contribution >= 4 is 11.9 Å². The first kappa shape index (κ1) is 27.1. The fourth-order valence-corrected chi connectivity index (χ4v) is 2.82. The summed E-state index contributed by atoms with van der Waals surface area (Å²) in [6.45, 7) is 21.1. The minimum Gasteiger partial charge on any atom is -0.375 e. The van der Waals surface area contributed by atoms with E-state index in [2.05, 4.69) is 86.6 Å². The van der Waals surface area contributed by atoms with Gasteiger partial charge in [-0.2, -0.15) is 10.2 Å². The van der Waals surface area contributed by atoms with Gasteiger partial charge >= 0.3 is 0 Å². The summed E-state index contributed by atoms with van der Waals surface area (Å²) in [7, 11) is 0. The molecule has 29 heavy (non-hydrogen) atoms. The molecule has 1 aromatic rings. The smallest absolute Gasteiger partial charge is 0.0424 e. The third-order valence-electron chi connectivity index (χ3n) is 4.85. The van der Waals surface area contributed by atoms with E-state index in [1.54, 1.807) is 0 Å². The Morgan fingerprint density at radius 1 is 1.17 bits per heavy atom. The van der Waals surface area contributed by atoms with Crippen molar-refractivity contribution in [2.45, 2.75) is 80.6 Å². The zero-order valence-electron chi connectivity index (χ0n) is 20.1. The van der Waals surface area contributed by atoms with E-state index < -0.39 is 0 Å². The summed E-state index contributed by atoms with van der Waals surface area (Å²) in [6, 6.07) is 10.6. The summed E-state index contributed by atoms with van der Waals surface area (Å²) in [5.74, 6) is 0.956. The predicted molar refractivity (Wildman–Crippen MR) is 132 cm³/mol. The van der Waals surface area contributed by atoms with Crippen molar-refractivity contribution in [2.24, 2.45) is 22.0 Å². The molecule has 1 atom stereocenters. The summed E-state index contributed by atoms with van der Waals surface area (Å²) >= 11 is 0. The molecule has 1 unspecified atom stereocenters. The third-order valence-corrected chi connectivity index (χ3v) is 4.85. The Kier molecular flexibility index (Phi) is 15.9. The van der Waals surface area contributed by atoms with Crippen molar-refractivity contribution in [1.82, 2.24) is 4.90 Å². The number of hydrogen-bond acceptors (Lipinski definition) is 3. The highest BCUT2D eigenvalue weighted by molar-refractivity contribution is 5.85. The molecule has 0 bridgehead atoms. The number of rotatable bonds is 8. The topological polar surface area (TPSA) is 28.0 Å². The molecular formula is C26H45N3. The van der Waals surface area contributed by atoms with Gasteiger partial charge in [0.1, 0.15) is 0 Å². The van der Waals surface area contributed by atoms with Crippen LogP contribution in [0.3, 0.4) is 0 Å². The number of nitrogens with zero attached hydrogens (tertiary/aromatic N) is 3. The van der Waals surface area contributed by atoms with E-state index in [0.29, 0.717) is 11.8 Å². The van der Waals surface area contributed by atoms with Crippen LogP contribution in [0.25, 0.3) is 0 Å². The van der Waals surface area contributed by atoms with Crippen molar-refractivity contribution in [3.05, 3.63) is 48.2 Å². The van der Waals surface area contributed by atoms with Crippen LogP contribution >= 0.6 is 0 Å². The standard InChI is InChI=1S/C20H29N3.C4H10.C2H6/c1-16(2)14-21-22-18(4)20-12-13-23(15-20)17(3)10-11-19-8-6-5-7-9-19;1-3-4-2;1-2/h5-9,14,16,20H,3,10-13,15H2,1-2,4H3;3-4H2,1-2H3;1-2H3/b21-14+,22-18+;;. The van der Waals surface area contributed by atoms with Gasteiger partial charge < -0.3 is 4.90 Å². The molecule has 1 aromatic carbocycles. The van der Waals surface area contributed by atoms with E-state index in [0.717, 1.165) is 38.1 Å². The molecule has 1 aliphatic rings. The largest absolute Gasteiger partial charge is 0.375 e. The summed E-state index contributed by atoms with van der Waals surface area (Å²) in [5, 5.41) is 8.55. The number of hydrogen-bond donors (Lipinski definition) is 0. The zero-order valence-corrected chi connectivity index (χ0v) is 20.1. The normalized spacial score (nSPS) is 16.3. The van der Waals surface area contributed by atoms with E-state index >= 15 is 0 Å². The number of aryl methyl sites for hydroxylation is 1. The van der Waals surface area contributed by atoms with Crippen LogP contribution in [0.15, 0.2) is 52.8 Å². The molecule has 1 aliphatic heterocycles. The Bertz CT molecular complexity index is 585. The molecule has 3 heteroatoms. The van der Waals surface area contributed by atoms with Crippen molar-refractivity contribution in [2.75, 3.05) is 13.1 Å². The van der Waals surface area contributed by atoms with Crippen molar-refractivity contribution < 1.29 is 0 Å². The van der Waals surface area contributed by atoms with Crippen LogP contribution in [0, 0.1) is 11.8 Å². The van der Waals surface area contributed by atoms with Gasteiger partial charge in [0.2, 0.25) is 0 Å². The van der Waals surface area contributed by atoms with Gasteiger partial charge in [0.05, 0.1) is 0 Å². The third kappa shape index (κ3) is 12.3. The Hall–Kier alpha value is -1.90. The van der Waals surface area contributed by atoms with Crippen LogP contribution in [0.4, 0.5) is 0 Å². The predicted octanol–water partition coefficient (Wildman–Crippen LogP) is 7.39. The first-order valence-electron chi connectivity index (χ1n) is 11.5. The van der Waals surface area contributed by atoms with E-state index in [4.69, 9.17) is 0 Å². The minimum atomic E-state index is 0.449. The Labute approximate surface area is 181 Å². The Morgan fingerprint density at radius 3 is 2.34 bits per heavy atom. The molecule has 0 amide bonds. The summed E-state index contributed by atoms with van der Waals surface area (Å²) < 4.78 is 0. The van der Waals surface area contributed by atoms with E-state index in [9.17, 15) is 0 Å². The van der Waals surface area contributed by atoms with Crippen LogP contribution in [0.5, 0.6) is 0 Å². The van der Waals surface area contributed by atoms with E-state index in [1.165, 1.54) is 24.1 Å². The van der Waals surface area contributed by atoms with Gasteiger partial charge in [-0.25, -0.2) is 0 Å². The lowest BCUT2D eigenvalue weighted by molar-refractivity contribution is 0.404. The highest BCUT2D eigenvalue weighted by Gasteiger charge is 2.25. The molecule has 1 saturated heterocycles. The van der Waals surface area contributed by atoms with Crippen molar-refractivity contribution in [3.8, 4) is 0 Å².